The summed E-state index contributed by atoms with van der Waals surface area (Å²) in [4.78, 5) is 57.6. The summed E-state index contributed by atoms with van der Waals surface area (Å²) in [5.41, 5.74) is 1.55. The summed E-state index contributed by atoms with van der Waals surface area (Å²) in [5.74, 6) is -1.37. The van der Waals surface area contributed by atoms with Gasteiger partial charge in [0, 0.05) is 12.6 Å². The lowest BCUT2D eigenvalue weighted by atomic mass is 9.51. The van der Waals surface area contributed by atoms with Crippen LogP contribution in [0.3, 0.4) is 0 Å². The average molecular weight is 582 g/mol. The number of quaternary nitrogens is 1. The van der Waals surface area contributed by atoms with E-state index in [2.05, 4.69) is 10.3 Å². The van der Waals surface area contributed by atoms with Crippen molar-refractivity contribution in [3.8, 4) is 11.3 Å². The number of rotatable bonds is 10. The second-order valence-corrected chi connectivity index (χ2v) is 13.0. The summed E-state index contributed by atoms with van der Waals surface area (Å²) in [7, 11) is 1.84. The third kappa shape index (κ3) is 5.06. The second kappa shape index (κ2) is 11.2. The fourth-order valence-corrected chi connectivity index (χ4v) is 8.22. The largest absolute Gasteiger partial charge is 0.600 e. The highest BCUT2D eigenvalue weighted by Crippen LogP contribution is 2.53. The number of carbonyl (C=O) groups excluding carboxylic acids is 4. The number of Topliss-reactive ketones (excluding diaryl/α,β-unsaturated/α-hetero) is 1. The fraction of sp³-hybridized carbons (Fsp3) is 0.483. The van der Waals surface area contributed by atoms with Gasteiger partial charge in [-0.05, 0) is 37.2 Å². The maximum atomic E-state index is 13.8. The number of nitrogens with zero attached hydrogens (tertiary/aromatic N) is 2. The van der Waals surface area contributed by atoms with Crippen LogP contribution in [0.25, 0.3) is 11.3 Å². The Labute approximate surface area is 243 Å². The topological polar surface area (TPSA) is 132 Å². The molecule has 2 aromatic rings. The summed E-state index contributed by atoms with van der Waals surface area (Å²) in [6.07, 6.45) is -0.900. The summed E-state index contributed by atoms with van der Waals surface area (Å²) in [6, 6.07) is 12.1. The van der Waals surface area contributed by atoms with Gasteiger partial charge in [0.2, 0.25) is 0 Å². The molecule has 3 aliphatic heterocycles. The Kier molecular flexibility index (Phi) is 8.02. The summed E-state index contributed by atoms with van der Waals surface area (Å²) < 4.78 is 12.0. The second-order valence-electron chi connectivity index (χ2n) is 11.9. The number of amides is 1. The molecule has 0 aliphatic carbocycles. The Hall–Kier alpha value is -3.22. The number of likely N-dealkylation sites (N-methyl/N-ethyl adjacent to an activating group) is 1. The number of aromatic nitrogens is 1. The zero-order valence-corrected chi connectivity index (χ0v) is 24.5. The van der Waals surface area contributed by atoms with Gasteiger partial charge in [-0.15, -0.1) is 11.8 Å². The van der Waals surface area contributed by atoms with E-state index in [0.717, 1.165) is 5.56 Å². The van der Waals surface area contributed by atoms with Gasteiger partial charge in [0.05, 0.1) is 23.3 Å². The maximum Gasteiger partial charge on any atom is 0.587 e. The number of pyridine rings is 1. The molecule has 3 saturated heterocycles. The highest BCUT2D eigenvalue weighted by atomic mass is 32.2. The minimum atomic E-state index is -2.53. The van der Waals surface area contributed by atoms with Crippen LogP contribution in [0.5, 0.6) is 0 Å². The number of hydrogen-bond acceptors (Lipinski definition) is 9. The first kappa shape index (κ1) is 29.3. The molecule has 0 saturated carbocycles. The van der Waals surface area contributed by atoms with Crippen LogP contribution in [0.2, 0.25) is 5.82 Å². The molecule has 2 N–H and O–H groups in total. The van der Waals surface area contributed by atoms with Gasteiger partial charge in [0.25, 0.3) is 5.91 Å². The number of hydrogen-bond donors (Lipinski definition) is 2. The summed E-state index contributed by atoms with van der Waals surface area (Å²) in [6.45, 7) is 2.87. The van der Waals surface area contributed by atoms with Gasteiger partial charge in [-0.1, -0.05) is 56.7 Å². The molecular formula is C29H36BN3O7S. The van der Waals surface area contributed by atoms with Crippen molar-refractivity contribution in [1.29, 1.82) is 0 Å². The van der Waals surface area contributed by atoms with Gasteiger partial charge in [-0.2, -0.15) is 0 Å². The van der Waals surface area contributed by atoms with Gasteiger partial charge in [-0.3, -0.25) is 9.59 Å². The standard InChI is InChI=1S/C29H36BN3O7S/c1-17(2)13-20(30-33(4)23(28(37)39-30)15-41-16-24(33)29(38)40-30)14-25(35)26(18(3)34)32-27(36)22-12-8-11-21(31-22)19-9-6-5-7-10-19/h5-12,17-18,20,23-24,26,34H,13-16H2,1-4H3,(H,32,36)/t18-,20-,23-,24-,26+,30?,33?/m1/s1. The molecule has 10 nitrogen and oxygen atoms in total. The molecule has 41 heavy (non-hydrogen) atoms. The van der Waals surface area contributed by atoms with Crippen molar-refractivity contribution in [3.05, 3.63) is 54.2 Å². The molecule has 1 aromatic carbocycles. The van der Waals surface area contributed by atoms with Crippen LogP contribution < -0.4 is 5.32 Å². The van der Waals surface area contributed by atoms with Crippen molar-refractivity contribution < 1.29 is 38.0 Å². The quantitative estimate of drug-likeness (QED) is 0.407. The number of carbonyl (C=O) groups is 4. The van der Waals surface area contributed by atoms with Crippen molar-refractivity contribution in [2.75, 3.05) is 18.6 Å². The van der Waals surface area contributed by atoms with Crippen LogP contribution in [0.1, 0.15) is 44.1 Å². The van der Waals surface area contributed by atoms with Crippen LogP contribution >= 0.6 is 11.8 Å². The Balaban J connectivity index is 1.40. The molecule has 0 unspecified atom stereocenters. The summed E-state index contributed by atoms with van der Waals surface area (Å²) >= 11 is 1.53. The predicted molar refractivity (Wildman–Crippen MR) is 154 cm³/mol. The number of ketones is 1. The first-order valence-electron chi connectivity index (χ1n) is 14.1. The van der Waals surface area contributed by atoms with Gasteiger partial charge < -0.3 is 24.1 Å². The van der Waals surface area contributed by atoms with E-state index < -0.39 is 60.4 Å². The van der Waals surface area contributed by atoms with Gasteiger partial charge in [0.1, 0.15) is 11.7 Å². The molecule has 4 heterocycles. The van der Waals surface area contributed by atoms with E-state index in [1.54, 1.807) is 18.2 Å². The molecule has 0 bridgehead atoms. The predicted octanol–water partition coefficient (Wildman–Crippen LogP) is 2.59. The van der Waals surface area contributed by atoms with Gasteiger partial charge in [0.15, 0.2) is 17.9 Å². The van der Waals surface area contributed by atoms with Gasteiger partial charge in [-0.25, -0.2) is 14.6 Å². The molecule has 218 valence electrons. The lowest BCUT2D eigenvalue weighted by Gasteiger charge is -2.51. The normalized spacial score (nSPS) is 28.8. The molecule has 12 heteroatoms. The van der Waals surface area contributed by atoms with E-state index in [9.17, 15) is 24.3 Å². The van der Waals surface area contributed by atoms with E-state index in [-0.39, 0.29) is 22.4 Å². The third-order valence-electron chi connectivity index (χ3n) is 8.78. The third-order valence-corrected chi connectivity index (χ3v) is 9.89. The first-order valence-corrected chi connectivity index (χ1v) is 15.2. The number of aliphatic hydroxyl groups is 1. The lowest BCUT2D eigenvalue weighted by molar-refractivity contribution is -0.840. The molecule has 0 radical (unpaired) electrons. The minimum Gasteiger partial charge on any atom is -0.600 e. The van der Waals surface area contributed by atoms with E-state index >= 15 is 0 Å². The number of aliphatic hydroxyl groups excluding tert-OH is 1. The van der Waals surface area contributed by atoms with Crippen molar-refractivity contribution in [3.63, 3.8) is 0 Å². The van der Waals surface area contributed by atoms with Crippen molar-refractivity contribution in [2.24, 2.45) is 5.92 Å². The van der Waals surface area contributed by atoms with Crippen LogP contribution in [-0.4, -0.2) is 87.6 Å². The fourth-order valence-electron chi connectivity index (χ4n) is 6.72. The van der Waals surface area contributed by atoms with Crippen LogP contribution in [0.15, 0.2) is 48.5 Å². The molecule has 5 rings (SSSR count). The molecule has 1 amide bonds. The average Bonchev–Trinajstić information content (AvgIpc) is 3.31. The summed E-state index contributed by atoms with van der Waals surface area (Å²) in [5, 5.41) is 13.3. The highest BCUT2D eigenvalue weighted by Gasteiger charge is 2.76. The molecule has 1 aromatic heterocycles. The van der Waals surface area contributed by atoms with Crippen LogP contribution in [-0.2, 0) is 23.7 Å². The minimum absolute atomic E-state index is 0.0250. The van der Waals surface area contributed by atoms with E-state index in [4.69, 9.17) is 9.31 Å². The number of benzene rings is 1. The van der Waals surface area contributed by atoms with Crippen molar-refractivity contribution in [2.45, 2.75) is 63.7 Å². The Bertz CT molecular complexity index is 1330. The molecule has 3 aliphatic rings. The molecular weight excluding hydrogens is 545 g/mol. The lowest BCUT2D eigenvalue weighted by Crippen LogP contribution is -2.71. The van der Waals surface area contributed by atoms with Crippen molar-refractivity contribution in [1.82, 2.24) is 10.3 Å². The molecule has 3 fully saturated rings. The van der Waals surface area contributed by atoms with E-state index in [0.29, 0.717) is 23.6 Å². The molecule has 5 atom stereocenters. The number of nitrogens with one attached hydrogen (secondary N) is 1. The van der Waals surface area contributed by atoms with Gasteiger partial charge >= 0.3 is 18.6 Å². The highest BCUT2D eigenvalue weighted by molar-refractivity contribution is 7.99. The SMILES string of the molecule is CC(C)C[C@H](CC(=O)[C@@H](NC(=O)c1cccc(-c2ccccc2)n1)[C@@H](C)O)[B-]12OC(=O)[C@H]3CSC[C@H](C(=O)O1)[N+]32C. The van der Waals surface area contributed by atoms with Crippen LogP contribution in [0.4, 0.5) is 0 Å². The van der Waals surface area contributed by atoms with E-state index in [1.807, 2.05) is 51.2 Å². The zero-order valence-electron chi connectivity index (χ0n) is 23.7. The monoisotopic (exact) mass is 581 g/mol. The smallest absolute Gasteiger partial charge is 0.587 e. The maximum absolute atomic E-state index is 13.8. The van der Waals surface area contributed by atoms with Crippen LogP contribution in [0, 0.1) is 5.92 Å². The van der Waals surface area contributed by atoms with E-state index in [1.165, 1.54) is 18.7 Å². The Morgan fingerprint density at radius 1 is 1.05 bits per heavy atom. The Morgan fingerprint density at radius 3 is 2.27 bits per heavy atom. The molecule has 0 spiro atoms. The van der Waals surface area contributed by atoms with Crippen molar-refractivity contribution >= 4 is 42.1 Å². The zero-order chi connectivity index (χ0) is 29.5. The Morgan fingerprint density at radius 2 is 1.68 bits per heavy atom. The number of thioether (sulfide) groups is 1. The first-order chi connectivity index (χ1) is 19.5.